The highest BCUT2D eigenvalue weighted by atomic mass is 16.5. The van der Waals surface area contributed by atoms with Gasteiger partial charge in [-0.2, -0.15) is 0 Å². The van der Waals surface area contributed by atoms with Crippen molar-refractivity contribution in [3.8, 4) is 22.6 Å². The summed E-state index contributed by atoms with van der Waals surface area (Å²) in [5.74, 6) is 1.67. The van der Waals surface area contributed by atoms with E-state index in [1.54, 1.807) is 0 Å². The van der Waals surface area contributed by atoms with Gasteiger partial charge in [-0.05, 0) is 88.0 Å². The molecule has 0 spiro atoms. The number of aliphatic hydroxyl groups is 1. The Morgan fingerprint density at radius 1 is 0.444 bits per heavy atom. The molecule has 0 saturated carbocycles. The number of aryl methyl sites for hydroxylation is 2. The molecule has 302 valence electrons. The van der Waals surface area contributed by atoms with Crippen LogP contribution in [0.25, 0.3) is 44.8 Å². The smallest absolute Gasteiger partial charge is 0.178 e. The van der Waals surface area contributed by atoms with Gasteiger partial charge in [0.2, 0.25) is 0 Å². The molecule has 0 saturated heterocycles. The lowest BCUT2D eigenvalue weighted by atomic mass is 9.80. The zero-order valence-electron chi connectivity index (χ0n) is 35.0. The zero-order valence-corrected chi connectivity index (χ0v) is 35.0. The lowest BCUT2D eigenvalue weighted by Gasteiger charge is -2.38. The third-order valence-electron chi connectivity index (χ3n) is 13.7. The molecule has 2 heterocycles. The monoisotopic (exact) mass is 812 g/mol. The van der Waals surface area contributed by atoms with E-state index in [2.05, 4.69) is 200 Å². The SMILES string of the molecule is CC1(O)c2ccccc2-c2c1c1c(c3ccccc23)OC(c2ccccc2)(c2ccc(CCc3ccc(C4(c5ccccc5)C=Cc5c(ccc6ccccc56)O4)cc3)cc2)C=C1. The topological polar surface area (TPSA) is 38.7 Å². The van der Waals surface area contributed by atoms with Crippen molar-refractivity contribution in [2.75, 3.05) is 0 Å². The Balaban J connectivity index is 0.849. The van der Waals surface area contributed by atoms with Crippen LogP contribution in [-0.2, 0) is 29.6 Å². The summed E-state index contributed by atoms with van der Waals surface area (Å²) in [6.07, 6.45) is 10.6. The van der Waals surface area contributed by atoms with Crippen LogP contribution in [0.4, 0.5) is 0 Å². The third kappa shape index (κ3) is 5.77. The molecule has 3 nitrogen and oxygen atoms in total. The fourth-order valence-corrected chi connectivity index (χ4v) is 10.5. The molecular formula is C60H44O3. The molecule has 3 unspecified atom stereocenters. The largest absolute Gasteiger partial charge is 0.473 e. The van der Waals surface area contributed by atoms with Crippen molar-refractivity contribution >= 4 is 33.7 Å². The lowest BCUT2D eigenvalue weighted by molar-refractivity contribution is 0.105. The number of hydrogen-bond donors (Lipinski definition) is 1. The predicted molar refractivity (Wildman–Crippen MR) is 256 cm³/mol. The summed E-state index contributed by atoms with van der Waals surface area (Å²) in [7, 11) is 0. The van der Waals surface area contributed by atoms with Crippen molar-refractivity contribution in [1.29, 1.82) is 0 Å². The summed E-state index contributed by atoms with van der Waals surface area (Å²) in [6, 6.07) is 68.3. The molecular weight excluding hydrogens is 769 g/mol. The Morgan fingerprint density at radius 3 is 1.60 bits per heavy atom. The van der Waals surface area contributed by atoms with E-state index in [1.165, 1.54) is 21.9 Å². The number of rotatable bonds is 7. The van der Waals surface area contributed by atoms with Gasteiger partial charge in [-0.3, -0.25) is 0 Å². The maximum Gasteiger partial charge on any atom is 0.178 e. The first-order chi connectivity index (χ1) is 30.9. The van der Waals surface area contributed by atoms with Crippen molar-refractivity contribution in [3.05, 3.63) is 262 Å². The summed E-state index contributed by atoms with van der Waals surface area (Å²) in [4.78, 5) is 0. The van der Waals surface area contributed by atoms with Gasteiger partial charge in [-0.1, -0.05) is 194 Å². The highest BCUT2D eigenvalue weighted by Crippen LogP contribution is 2.57. The van der Waals surface area contributed by atoms with Crippen LogP contribution in [0.5, 0.6) is 11.5 Å². The lowest BCUT2D eigenvalue weighted by Crippen LogP contribution is -2.35. The number of fused-ring (bicyclic) bond motifs is 11. The third-order valence-corrected chi connectivity index (χ3v) is 13.7. The molecule has 2 aliphatic heterocycles. The van der Waals surface area contributed by atoms with E-state index in [4.69, 9.17) is 9.47 Å². The Bertz CT molecular complexity index is 3290. The minimum Gasteiger partial charge on any atom is -0.473 e. The van der Waals surface area contributed by atoms with Crippen molar-refractivity contribution in [2.24, 2.45) is 0 Å². The van der Waals surface area contributed by atoms with E-state index in [-0.39, 0.29) is 0 Å². The first kappa shape index (κ1) is 37.3. The zero-order chi connectivity index (χ0) is 42.2. The van der Waals surface area contributed by atoms with Crippen LogP contribution in [0.1, 0.15) is 62.6 Å². The Labute approximate surface area is 367 Å². The average molecular weight is 813 g/mol. The predicted octanol–water partition coefficient (Wildman–Crippen LogP) is 13.7. The number of hydrogen-bond acceptors (Lipinski definition) is 3. The molecule has 0 fully saturated rings. The van der Waals surface area contributed by atoms with E-state index in [0.29, 0.717) is 0 Å². The summed E-state index contributed by atoms with van der Waals surface area (Å²) >= 11 is 0. The van der Waals surface area contributed by atoms with E-state index >= 15 is 0 Å². The molecule has 3 aliphatic rings. The summed E-state index contributed by atoms with van der Waals surface area (Å²) in [6.45, 7) is 1.91. The van der Waals surface area contributed by atoms with Gasteiger partial charge in [0, 0.05) is 44.3 Å². The highest BCUT2D eigenvalue weighted by molar-refractivity contribution is 6.08. The minimum atomic E-state index is -1.17. The minimum absolute atomic E-state index is 0.745. The van der Waals surface area contributed by atoms with Crippen LogP contribution < -0.4 is 9.47 Å². The van der Waals surface area contributed by atoms with Gasteiger partial charge in [-0.15, -0.1) is 0 Å². The van der Waals surface area contributed by atoms with Crippen molar-refractivity contribution < 1.29 is 14.6 Å². The fraction of sp³-hybridized carbons (Fsp3) is 0.100. The molecule has 12 rings (SSSR count). The van der Waals surface area contributed by atoms with Crippen LogP contribution in [0, 0.1) is 0 Å². The van der Waals surface area contributed by atoms with Gasteiger partial charge >= 0.3 is 0 Å². The first-order valence-corrected chi connectivity index (χ1v) is 21.9. The second-order valence-corrected chi connectivity index (χ2v) is 17.3. The number of benzene rings is 9. The standard InChI is InChI=1S/C60H44O3/c1-58(61)53-23-13-12-22-51(53)55-49-20-10-11-21-50(49)57-52(56(55)58)37-39-60(63-57,44-17-6-3-7-18-44)46-33-28-41(29-34-46)25-24-40-26-31-45(32-27-40)59(43-15-4-2-5-16-43)38-36-48-47-19-9-8-14-42(47)30-35-54(48)62-59/h2-23,26-39,61H,24-25H2,1H3. The van der Waals surface area contributed by atoms with Gasteiger partial charge in [0.25, 0.3) is 0 Å². The van der Waals surface area contributed by atoms with E-state index < -0.39 is 16.8 Å². The van der Waals surface area contributed by atoms with E-state index in [0.717, 1.165) is 90.7 Å². The van der Waals surface area contributed by atoms with Gasteiger partial charge in [0.05, 0.1) is 0 Å². The van der Waals surface area contributed by atoms with Gasteiger partial charge < -0.3 is 14.6 Å². The van der Waals surface area contributed by atoms with E-state index in [1.807, 2.05) is 25.1 Å². The molecule has 0 aromatic heterocycles. The Hall–Kier alpha value is -7.46. The highest BCUT2D eigenvalue weighted by Gasteiger charge is 2.45. The molecule has 63 heavy (non-hydrogen) atoms. The number of ether oxygens (including phenoxy) is 2. The second-order valence-electron chi connectivity index (χ2n) is 17.3. The molecule has 1 aliphatic carbocycles. The molecule has 1 N–H and O–H groups in total. The molecule has 0 amide bonds. The molecule has 0 radical (unpaired) electrons. The molecule has 9 aromatic carbocycles. The van der Waals surface area contributed by atoms with Crippen molar-refractivity contribution in [1.82, 2.24) is 0 Å². The second kappa shape index (κ2) is 14.3. The summed E-state index contributed by atoms with van der Waals surface area (Å²) in [5, 5.41) is 16.7. The molecule has 0 bridgehead atoms. The fourth-order valence-electron chi connectivity index (χ4n) is 10.5. The summed E-state index contributed by atoms with van der Waals surface area (Å²) < 4.78 is 14.5. The average Bonchev–Trinajstić information content (AvgIpc) is 3.60. The van der Waals surface area contributed by atoms with Crippen LogP contribution in [0.15, 0.2) is 206 Å². The van der Waals surface area contributed by atoms with Crippen molar-refractivity contribution in [2.45, 2.75) is 36.6 Å². The van der Waals surface area contributed by atoms with Crippen LogP contribution in [0.2, 0.25) is 0 Å². The molecule has 3 heteroatoms. The normalized spacial score (nSPS) is 20.3. The molecule has 9 aromatic rings. The van der Waals surface area contributed by atoms with Gasteiger partial charge in [0.15, 0.2) is 11.2 Å². The quantitative estimate of drug-likeness (QED) is 0.174. The van der Waals surface area contributed by atoms with Crippen LogP contribution in [-0.4, -0.2) is 5.11 Å². The van der Waals surface area contributed by atoms with Gasteiger partial charge in [-0.25, -0.2) is 0 Å². The van der Waals surface area contributed by atoms with Gasteiger partial charge in [0.1, 0.15) is 17.1 Å². The van der Waals surface area contributed by atoms with Crippen molar-refractivity contribution in [3.63, 3.8) is 0 Å². The van der Waals surface area contributed by atoms with E-state index in [9.17, 15) is 5.11 Å². The summed E-state index contributed by atoms with van der Waals surface area (Å²) in [5.41, 5.74) is 10.0. The van der Waals surface area contributed by atoms with Crippen LogP contribution >= 0.6 is 0 Å². The maximum atomic E-state index is 12.2. The Morgan fingerprint density at radius 2 is 0.952 bits per heavy atom. The van der Waals surface area contributed by atoms with Crippen LogP contribution in [0.3, 0.4) is 0 Å². The molecule has 3 atom stereocenters. The first-order valence-electron chi connectivity index (χ1n) is 21.9. The maximum absolute atomic E-state index is 12.2. The Kier molecular flexibility index (Phi) is 8.47.